The molecule has 0 radical (unpaired) electrons. The number of fused-ring (bicyclic) bond motifs is 1. The van der Waals surface area contributed by atoms with Crippen molar-refractivity contribution in [3.63, 3.8) is 0 Å². The van der Waals surface area contributed by atoms with E-state index < -0.39 is 0 Å². The van der Waals surface area contributed by atoms with Gasteiger partial charge in [-0.05, 0) is 32.7 Å². The normalized spacial score (nSPS) is 37.4. The molecule has 0 aromatic rings. The van der Waals surface area contributed by atoms with Gasteiger partial charge in [-0.1, -0.05) is 6.92 Å². The first-order valence-electron chi connectivity index (χ1n) is 5.66. The topological polar surface area (TPSA) is 12.5 Å². The van der Waals surface area contributed by atoms with E-state index in [-0.39, 0.29) is 0 Å². The molecule has 0 aromatic carbocycles. The number of nitrogens with zero attached hydrogens (tertiary/aromatic N) is 1. The Morgan fingerprint density at radius 1 is 1.46 bits per heavy atom. The van der Waals surface area contributed by atoms with Crippen LogP contribution in [0.2, 0.25) is 0 Å². The van der Waals surface area contributed by atoms with Gasteiger partial charge in [0.15, 0.2) is 0 Å². The van der Waals surface area contributed by atoms with Gasteiger partial charge in [0.1, 0.15) is 0 Å². The maximum atomic E-state index is 5.57. The van der Waals surface area contributed by atoms with E-state index in [4.69, 9.17) is 4.74 Å². The summed E-state index contributed by atoms with van der Waals surface area (Å²) in [5.74, 6) is 0.836. The Hall–Kier alpha value is -0.0800. The summed E-state index contributed by atoms with van der Waals surface area (Å²) in [4.78, 5) is 2.67. The Bertz CT molecular complexity index is 171. The Kier molecular flexibility index (Phi) is 2.89. The van der Waals surface area contributed by atoms with Crippen molar-refractivity contribution >= 4 is 0 Å². The maximum Gasteiger partial charge on any atom is 0.0625 e. The van der Waals surface area contributed by atoms with Crippen molar-refractivity contribution in [1.82, 2.24) is 4.90 Å². The average molecular weight is 183 g/mol. The van der Waals surface area contributed by atoms with Crippen LogP contribution in [-0.4, -0.2) is 36.7 Å². The van der Waals surface area contributed by atoms with E-state index in [2.05, 4.69) is 18.7 Å². The van der Waals surface area contributed by atoms with Crippen molar-refractivity contribution in [1.29, 1.82) is 0 Å². The van der Waals surface area contributed by atoms with Crippen LogP contribution >= 0.6 is 0 Å². The molecule has 3 atom stereocenters. The number of rotatable bonds is 2. The van der Waals surface area contributed by atoms with Gasteiger partial charge >= 0.3 is 0 Å². The van der Waals surface area contributed by atoms with E-state index in [0.29, 0.717) is 0 Å². The maximum absolute atomic E-state index is 5.57. The van der Waals surface area contributed by atoms with Gasteiger partial charge in [0.25, 0.3) is 0 Å². The Labute approximate surface area is 81.3 Å². The first-order valence-corrected chi connectivity index (χ1v) is 5.66. The van der Waals surface area contributed by atoms with Gasteiger partial charge in [0, 0.05) is 18.0 Å². The lowest BCUT2D eigenvalue weighted by Gasteiger charge is -2.40. The third-order valence-corrected chi connectivity index (χ3v) is 3.74. The quantitative estimate of drug-likeness (QED) is 0.648. The number of hydrogen-bond donors (Lipinski definition) is 0. The van der Waals surface area contributed by atoms with Gasteiger partial charge in [-0.3, -0.25) is 4.90 Å². The Morgan fingerprint density at radius 2 is 2.31 bits per heavy atom. The molecule has 2 nitrogen and oxygen atoms in total. The van der Waals surface area contributed by atoms with Crippen LogP contribution < -0.4 is 0 Å². The summed E-state index contributed by atoms with van der Waals surface area (Å²) in [6, 6.07) is 1.48. The van der Waals surface area contributed by atoms with E-state index in [1.807, 2.05) is 0 Å². The molecule has 0 bridgehead atoms. The molecule has 0 aromatic heterocycles. The Balaban J connectivity index is 2.01. The zero-order valence-corrected chi connectivity index (χ0v) is 8.83. The smallest absolute Gasteiger partial charge is 0.0625 e. The van der Waals surface area contributed by atoms with Crippen molar-refractivity contribution in [3.05, 3.63) is 0 Å². The highest BCUT2D eigenvalue weighted by molar-refractivity contribution is 4.89. The fourth-order valence-corrected chi connectivity index (χ4v) is 2.71. The van der Waals surface area contributed by atoms with E-state index in [1.54, 1.807) is 0 Å². The van der Waals surface area contributed by atoms with Gasteiger partial charge in [0.2, 0.25) is 0 Å². The van der Waals surface area contributed by atoms with Crippen molar-refractivity contribution < 1.29 is 4.74 Å². The first-order chi connectivity index (χ1) is 6.33. The summed E-state index contributed by atoms with van der Waals surface area (Å²) in [7, 11) is 0. The van der Waals surface area contributed by atoms with Crippen LogP contribution in [-0.2, 0) is 4.74 Å². The van der Waals surface area contributed by atoms with Crippen LogP contribution in [0.15, 0.2) is 0 Å². The van der Waals surface area contributed by atoms with Gasteiger partial charge < -0.3 is 4.74 Å². The minimum Gasteiger partial charge on any atom is -0.379 e. The second-order valence-corrected chi connectivity index (χ2v) is 4.50. The number of ether oxygens (including phenoxy) is 1. The Morgan fingerprint density at radius 3 is 3.08 bits per heavy atom. The zero-order chi connectivity index (χ0) is 9.26. The first kappa shape index (κ1) is 9.47. The summed E-state index contributed by atoms with van der Waals surface area (Å²) in [6.07, 6.45) is 4.02. The van der Waals surface area contributed by atoms with Gasteiger partial charge in [-0.25, -0.2) is 0 Å². The SMILES string of the molecule is CCC(C)N1CCC[C@H]2COC[C@H]21. The molecule has 2 aliphatic heterocycles. The van der Waals surface area contributed by atoms with Crippen LogP contribution in [0.25, 0.3) is 0 Å². The lowest BCUT2D eigenvalue weighted by atomic mass is 9.90. The van der Waals surface area contributed by atoms with Crippen LogP contribution in [0.4, 0.5) is 0 Å². The van der Waals surface area contributed by atoms with Crippen molar-refractivity contribution in [2.75, 3.05) is 19.8 Å². The molecular weight excluding hydrogens is 162 g/mol. The molecular formula is C11H21NO. The highest BCUT2D eigenvalue weighted by Crippen LogP contribution is 2.30. The van der Waals surface area contributed by atoms with Crippen molar-refractivity contribution in [2.24, 2.45) is 5.92 Å². The summed E-state index contributed by atoms with van der Waals surface area (Å²) in [5.41, 5.74) is 0. The van der Waals surface area contributed by atoms with E-state index >= 15 is 0 Å². The molecule has 0 amide bonds. The summed E-state index contributed by atoms with van der Waals surface area (Å²) >= 11 is 0. The highest BCUT2D eigenvalue weighted by Gasteiger charge is 2.37. The highest BCUT2D eigenvalue weighted by atomic mass is 16.5. The number of piperidine rings is 1. The van der Waals surface area contributed by atoms with E-state index in [9.17, 15) is 0 Å². The molecule has 0 aliphatic carbocycles. The third-order valence-electron chi connectivity index (χ3n) is 3.74. The van der Waals surface area contributed by atoms with Crippen LogP contribution in [0, 0.1) is 5.92 Å². The molecule has 2 heteroatoms. The fourth-order valence-electron chi connectivity index (χ4n) is 2.71. The molecule has 2 rings (SSSR count). The number of hydrogen-bond acceptors (Lipinski definition) is 2. The molecule has 0 N–H and O–H groups in total. The number of likely N-dealkylation sites (tertiary alicyclic amines) is 1. The van der Waals surface area contributed by atoms with Crippen LogP contribution in [0.5, 0.6) is 0 Å². The summed E-state index contributed by atoms with van der Waals surface area (Å²) in [6.45, 7) is 7.91. The largest absolute Gasteiger partial charge is 0.379 e. The third kappa shape index (κ3) is 1.75. The molecule has 1 unspecified atom stereocenters. The van der Waals surface area contributed by atoms with Crippen molar-refractivity contribution in [3.8, 4) is 0 Å². The molecule has 13 heavy (non-hydrogen) atoms. The zero-order valence-electron chi connectivity index (χ0n) is 8.83. The van der Waals surface area contributed by atoms with Gasteiger partial charge in [0.05, 0.1) is 13.2 Å². The summed E-state index contributed by atoms with van der Waals surface area (Å²) < 4.78 is 5.57. The fraction of sp³-hybridized carbons (Fsp3) is 1.00. The minimum absolute atomic E-state index is 0.740. The lowest BCUT2D eigenvalue weighted by molar-refractivity contribution is 0.0770. The second kappa shape index (κ2) is 3.97. The lowest BCUT2D eigenvalue weighted by Crippen LogP contribution is -2.48. The molecule has 2 heterocycles. The second-order valence-electron chi connectivity index (χ2n) is 4.50. The molecule has 0 saturated carbocycles. The minimum atomic E-state index is 0.740. The molecule has 2 aliphatic rings. The van der Waals surface area contributed by atoms with Gasteiger partial charge in [-0.15, -0.1) is 0 Å². The van der Waals surface area contributed by atoms with Gasteiger partial charge in [-0.2, -0.15) is 0 Å². The predicted molar refractivity (Wildman–Crippen MR) is 53.8 cm³/mol. The molecule has 0 spiro atoms. The standard InChI is InChI=1S/C11H21NO/c1-3-9(2)12-6-4-5-10-7-13-8-11(10)12/h9-11H,3-8H2,1-2H3/t9?,10-,11+/m0/s1. The monoisotopic (exact) mass is 183 g/mol. The van der Waals surface area contributed by atoms with Crippen molar-refractivity contribution in [2.45, 2.75) is 45.2 Å². The average Bonchev–Trinajstić information content (AvgIpc) is 2.63. The van der Waals surface area contributed by atoms with Crippen LogP contribution in [0.3, 0.4) is 0 Å². The predicted octanol–water partition coefficient (Wildman–Crippen LogP) is 1.90. The summed E-state index contributed by atoms with van der Waals surface area (Å²) in [5, 5.41) is 0. The van der Waals surface area contributed by atoms with E-state index in [1.165, 1.54) is 25.8 Å². The molecule has 2 saturated heterocycles. The van der Waals surface area contributed by atoms with E-state index in [0.717, 1.165) is 31.2 Å². The molecule has 2 fully saturated rings. The molecule has 76 valence electrons. The van der Waals surface area contributed by atoms with Crippen LogP contribution in [0.1, 0.15) is 33.1 Å².